The lowest BCUT2D eigenvalue weighted by Crippen LogP contribution is -2.35. The van der Waals surface area contributed by atoms with E-state index in [1.807, 2.05) is 13.0 Å². The average Bonchev–Trinajstić information content (AvgIpc) is 3.17. The van der Waals surface area contributed by atoms with Crippen LogP contribution in [0, 0.1) is 19.7 Å². The van der Waals surface area contributed by atoms with Gasteiger partial charge in [-0.1, -0.05) is 5.16 Å². The minimum atomic E-state index is -0.337. The summed E-state index contributed by atoms with van der Waals surface area (Å²) in [6.07, 6.45) is 1.94. The van der Waals surface area contributed by atoms with Gasteiger partial charge in [-0.3, -0.25) is 9.59 Å². The van der Waals surface area contributed by atoms with Crippen LogP contribution in [0.1, 0.15) is 23.4 Å². The number of nitrogens with one attached hydrogen (secondary N) is 1. The number of likely N-dealkylation sites (N-methyl/N-ethyl adjacent to an activating group) is 1. The van der Waals surface area contributed by atoms with Gasteiger partial charge in [0, 0.05) is 31.6 Å². The van der Waals surface area contributed by atoms with Gasteiger partial charge in [-0.15, -0.1) is 0 Å². The fourth-order valence-electron chi connectivity index (χ4n) is 2.75. The number of aryl methyl sites for hydroxylation is 3. The Morgan fingerprint density at radius 3 is 2.73 bits per heavy atom. The van der Waals surface area contributed by atoms with Crippen LogP contribution >= 0.6 is 0 Å². The SMILES string of the molecule is Cc1ccnc(NC(=O)CN(C)C(=O)CCc2nc(-c3ccc(F)c(C)c3)no2)c1. The number of aromatic nitrogens is 3. The number of carbonyl (C=O) groups is 2. The minimum Gasteiger partial charge on any atom is -0.339 e. The van der Waals surface area contributed by atoms with E-state index in [-0.39, 0.29) is 37.0 Å². The molecule has 0 aliphatic heterocycles. The fraction of sp³-hybridized carbons (Fsp3) is 0.286. The van der Waals surface area contributed by atoms with Gasteiger partial charge in [0.1, 0.15) is 11.6 Å². The van der Waals surface area contributed by atoms with Gasteiger partial charge in [0.15, 0.2) is 0 Å². The molecule has 0 unspecified atom stereocenters. The third kappa shape index (κ3) is 5.47. The van der Waals surface area contributed by atoms with Crippen molar-refractivity contribution in [3.63, 3.8) is 0 Å². The molecule has 3 aromatic rings. The first-order valence-electron chi connectivity index (χ1n) is 9.37. The van der Waals surface area contributed by atoms with E-state index in [0.29, 0.717) is 28.7 Å². The molecular formula is C21H22FN5O3. The van der Waals surface area contributed by atoms with Crippen LogP contribution in [0.5, 0.6) is 0 Å². The number of hydrogen-bond acceptors (Lipinski definition) is 6. The van der Waals surface area contributed by atoms with E-state index < -0.39 is 0 Å². The van der Waals surface area contributed by atoms with Crippen LogP contribution in [0.25, 0.3) is 11.4 Å². The van der Waals surface area contributed by atoms with Crippen LogP contribution in [0.15, 0.2) is 41.1 Å². The predicted molar refractivity (Wildman–Crippen MR) is 108 cm³/mol. The van der Waals surface area contributed by atoms with Crippen LogP contribution in [0.3, 0.4) is 0 Å². The summed E-state index contributed by atoms with van der Waals surface area (Å²) in [7, 11) is 1.55. The summed E-state index contributed by atoms with van der Waals surface area (Å²) < 4.78 is 18.6. The van der Waals surface area contributed by atoms with Crippen molar-refractivity contribution in [3.05, 3.63) is 59.4 Å². The second kappa shape index (κ2) is 9.25. The zero-order valence-corrected chi connectivity index (χ0v) is 17.0. The van der Waals surface area contributed by atoms with E-state index in [4.69, 9.17) is 4.52 Å². The van der Waals surface area contributed by atoms with Crippen LogP contribution in [-0.2, 0) is 16.0 Å². The van der Waals surface area contributed by atoms with E-state index in [9.17, 15) is 14.0 Å². The summed E-state index contributed by atoms with van der Waals surface area (Å²) in [5, 5.41) is 6.54. The second-order valence-corrected chi connectivity index (χ2v) is 6.99. The second-order valence-electron chi connectivity index (χ2n) is 6.99. The van der Waals surface area contributed by atoms with Gasteiger partial charge >= 0.3 is 0 Å². The molecule has 2 heterocycles. The molecule has 3 rings (SSSR count). The number of pyridine rings is 1. The molecule has 0 bridgehead atoms. The van der Waals surface area contributed by atoms with Crippen LogP contribution in [-0.4, -0.2) is 45.4 Å². The Balaban J connectivity index is 1.50. The maximum absolute atomic E-state index is 13.4. The van der Waals surface area contributed by atoms with Crippen molar-refractivity contribution in [3.8, 4) is 11.4 Å². The van der Waals surface area contributed by atoms with E-state index >= 15 is 0 Å². The third-order valence-electron chi connectivity index (χ3n) is 4.43. The molecule has 156 valence electrons. The Labute approximate surface area is 173 Å². The van der Waals surface area contributed by atoms with Crippen molar-refractivity contribution in [2.24, 2.45) is 0 Å². The number of hydrogen-bond donors (Lipinski definition) is 1. The molecule has 2 aromatic heterocycles. The van der Waals surface area contributed by atoms with Gasteiger partial charge in [-0.05, 0) is 55.3 Å². The molecule has 0 fully saturated rings. The monoisotopic (exact) mass is 411 g/mol. The zero-order valence-electron chi connectivity index (χ0n) is 17.0. The van der Waals surface area contributed by atoms with E-state index in [2.05, 4.69) is 20.4 Å². The Bertz CT molecular complexity index is 1070. The van der Waals surface area contributed by atoms with Gasteiger partial charge in [0.2, 0.25) is 23.5 Å². The zero-order chi connectivity index (χ0) is 21.7. The number of carbonyl (C=O) groups excluding carboxylic acids is 2. The van der Waals surface area contributed by atoms with Crippen LogP contribution in [0.2, 0.25) is 0 Å². The summed E-state index contributed by atoms with van der Waals surface area (Å²) in [6, 6.07) is 8.11. The van der Waals surface area contributed by atoms with Gasteiger partial charge in [0.25, 0.3) is 0 Å². The molecule has 30 heavy (non-hydrogen) atoms. The van der Waals surface area contributed by atoms with Gasteiger partial charge in [-0.2, -0.15) is 4.98 Å². The molecule has 0 radical (unpaired) electrons. The number of halogens is 1. The summed E-state index contributed by atoms with van der Waals surface area (Å²) in [6.45, 7) is 3.45. The molecule has 8 nitrogen and oxygen atoms in total. The first-order valence-corrected chi connectivity index (χ1v) is 9.37. The Morgan fingerprint density at radius 1 is 1.20 bits per heavy atom. The Hall–Kier alpha value is -3.62. The summed E-state index contributed by atoms with van der Waals surface area (Å²) in [5.41, 5.74) is 2.09. The molecule has 9 heteroatoms. The molecule has 2 amide bonds. The van der Waals surface area contributed by atoms with Crippen molar-refractivity contribution in [2.75, 3.05) is 18.9 Å². The molecule has 0 saturated carbocycles. The van der Waals surface area contributed by atoms with E-state index in [1.54, 1.807) is 38.4 Å². The van der Waals surface area contributed by atoms with Crippen LogP contribution < -0.4 is 5.32 Å². The highest BCUT2D eigenvalue weighted by Gasteiger charge is 2.16. The third-order valence-corrected chi connectivity index (χ3v) is 4.43. The molecule has 0 aliphatic rings. The number of rotatable bonds is 7. The molecular weight excluding hydrogens is 389 g/mol. The lowest BCUT2D eigenvalue weighted by Gasteiger charge is -2.16. The van der Waals surface area contributed by atoms with Gasteiger partial charge in [0.05, 0.1) is 6.54 Å². The predicted octanol–water partition coefficient (Wildman–Crippen LogP) is 2.92. The number of anilines is 1. The topological polar surface area (TPSA) is 101 Å². The summed E-state index contributed by atoms with van der Waals surface area (Å²) in [4.78, 5) is 34.1. The van der Waals surface area contributed by atoms with Crippen molar-refractivity contribution < 1.29 is 18.5 Å². The molecule has 0 atom stereocenters. The highest BCUT2D eigenvalue weighted by atomic mass is 19.1. The molecule has 0 aliphatic carbocycles. The van der Waals surface area contributed by atoms with E-state index in [0.717, 1.165) is 5.56 Å². The van der Waals surface area contributed by atoms with Crippen LogP contribution in [0.4, 0.5) is 10.2 Å². The number of amides is 2. The first-order chi connectivity index (χ1) is 14.3. The van der Waals surface area contributed by atoms with Gasteiger partial charge in [-0.25, -0.2) is 9.37 Å². The summed E-state index contributed by atoms with van der Waals surface area (Å²) in [5.74, 6) is 0.185. The lowest BCUT2D eigenvalue weighted by molar-refractivity contribution is -0.133. The molecule has 1 N–H and O–H groups in total. The maximum atomic E-state index is 13.4. The molecule has 1 aromatic carbocycles. The average molecular weight is 411 g/mol. The normalized spacial score (nSPS) is 10.7. The Morgan fingerprint density at radius 2 is 2.00 bits per heavy atom. The molecule has 0 spiro atoms. The lowest BCUT2D eigenvalue weighted by atomic mass is 10.1. The quantitative estimate of drug-likeness (QED) is 0.642. The van der Waals surface area contributed by atoms with Crippen molar-refractivity contribution >= 4 is 17.6 Å². The first kappa shape index (κ1) is 21.1. The molecule has 0 saturated heterocycles. The van der Waals surface area contributed by atoms with E-state index in [1.165, 1.54) is 11.0 Å². The Kier molecular flexibility index (Phi) is 6.51. The number of benzene rings is 1. The standard InChI is InChI=1S/C21H22FN5O3/c1-13-8-9-23-17(10-13)24-18(28)12-27(3)20(29)7-6-19-25-21(26-30-19)15-4-5-16(22)14(2)11-15/h4-5,8-11H,6-7,12H2,1-3H3,(H,23,24,28). The van der Waals surface area contributed by atoms with Gasteiger partial charge < -0.3 is 14.7 Å². The van der Waals surface area contributed by atoms with Crippen molar-refractivity contribution in [2.45, 2.75) is 26.7 Å². The summed E-state index contributed by atoms with van der Waals surface area (Å²) >= 11 is 0. The fourth-order valence-corrected chi connectivity index (χ4v) is 2.75. The minimum absolute atomic E-state index is 0.0988. The largest absolute Gasteiger partial charge is 0.339 e. The smallest absolute Gasteiger partial charge is 0.245 e. The van der Waals surface area contributed by atoms with Crippen molar-refractivity contribution in [1.29, 1.82) is 0 Å². The van der Waals surface area contributed by atoms with Crippen molar-refractivity contribution in [1.82, 2.24) is 20.0 Å². The highest BCUT2D eigenvalue weighted by Crippen LogP contribution is 2.19. The number of nitrogens with zero attached hydrogens (tertiary/aromatic N) is 4. The maximum Gasteiger partial charge on any atom is 0.245 e. The highest BCUT2D eigenvalue weighted by molar-refractivity contribution is 5.93.